The maximum atomic E-state index is 10.1. The van der Waals surface area contributed by atoms with Crippen molar-refractivity contribution in [3.8, 4) is 0 Å². The minimum atomic E-state index is -1.10. The van der Waals surface area contributed by atoms with Crippen LogP contribution >= 0.6 is 0 Å². The summed E-state index contributed by atoms with van der Waals surface area (Å²) < 4.78 is 0. The van der Waals surface area contributed by atoms with Crippen LogP contribution in [0.1, 0.15) is 10.6 Å². The minimum Gasteiger partial charge on any atom is -0.475 e. The Bertz CT molecular complexity index is 367. The highest BCUT2D eigenvalue weighted by Gasteiger charge is 2.01. The summed E-state index contributed by atoms with van der Waals surface area (Å²) in [4.78, 5) is 24.4. The zero-order valence-electron chi connectivity index (χ0n) is 7.69. The van der Waals surface area contributed by atoms with Gasteiger partial charge < -0.3 is 5.11 Å². The molecule has 0 aliphatic rings. The average molecular weight is 204 g/mol. The van der Waals surface area contributed by atoms with E-state index in [4.69, 9.17) is 5.11 Å². The maximum absolute atomic E-state index is 10.1. The molecule has 1 N–H and O–H groups in total. The molecule has 0 atom stereocenters. The molecule has 2 aromatic heterocycles. The van der Waals surface area contributed by atoms with Gasteiger partial charge in [0.15, 0.2) is 0 Å². The third-order valence-corrected chi connectivity index (χ3v) is 1.23. The molecule has 0 spiro atoms. The molecule has 0 amide bonds. The van der Waals surface area contributed by atoms with Gasteiger partial charge in [-0.15, -0.1) is 0 Å². The quantitative estimate of drug-likeness (QED) is 0.733. The van der Waals surface area contributed by atoms with Gasteiger partial charge in [0.25, 0.3) is 0 Å². The number of aromatic nitrogens is 4. The van der Waals surface area contributed by atoms with Crippen LogP contribution in [-0.4, -0.2) is 31.0 Å². The zero-order chi connectivity index (χ0) is 10.9. The van der Waals surface area contributed by atoms with Gasteiger partial charge in [-0.2, -0.15) is 0 Å². The molecular weight excluding hydrogens is 196 g/mol. The van der Waals surface area contributed by atoms with Gasteiger partial charge in [-0.05, 0) is 12.1 Å². The summed E-state index contributed by atoms with van der Waals surface area (Å²) in [7, 11) is 0. The highest BCUT2D eigenvalue weighted by molar-refractivity contribution is 5.82. The van der Waals surface area contributed by atoms with E-state index in [-0.39, 0.29) is 5.82 Å². The first-order chi connectivity index (χ1) is 7.30. The number of carboxylic acids is 1. The van der Waals surface area contributed by atoms with Crippen molar-refractivity contribution in [2.75, 3.05) is 0 Å². The van der Waals surface area contributed by atoms with Crippen molar-refractivity contribution in [2.24, 2.45) is 0 Å². The lowest BCUT2D eigenvalue weighted by Crippen LogP contribution is -2.01. The van der Waals surface area contributed by atoms with Crippen LogP contribution in [0.4, 0.5) is 0 Å². The largest absolute Gasteiger partial charge is 0.475 e. The van der Waals surface area contributed by atoms with E-state index in [9.17, 15) is 4.79 Å². The highest BCUT2D eigenvalue weighted by atomic mass is 16.4. The number of hydrogen-bond donors (Lipinski definition) is 1. The van der Waals surface area contributed by atoms with Crippen molar-refractivity contribution in [1.82, 2.24) is 19.9 Å². The zero-order valence-corrected chi connectivity index (χ0v) is 7.69. The molecule has 2 heterocycles. The lowest BCUT2D eigenvalue weighted by molar-refractivity contribution is 0.0683. The van der Waals surface area contributed by atoms with E-state index in [0.717, 1.165) is 0 Å². The van der Waals surface area contributed by atoms with Crippen LogP contribution in [0.2, 0.25) is 0 Å². The van der Waals surface area contributed by atoms with Gasteiger partial charge in [0.05, 0.1) is 0 Å². The van der Waals surface area contributed by atoms with Gasteiger partial charge in [0.1, 0.15) is 6.33 Å². The first-order valence-corrected chi connectivity index (χ1v) is 4.01. The number of nitrogens with zero attached hydrogens (tertiary/aromatic N) is 4. The van der Waals surface area contributed by atoms with Crippen LogP contribution in [-0.2, 0) is 0 Å². The van der Waals surface area contributed by atoms with E-state index in [0.29, 0.717) is 0 Å². The van der Waals surface area contributed by atoms with E-state index in [1.165, 1.54) is 18.7 Å². The van der Waals surface area contributed by atoms with Gasteiger partial charge in [0.2, 0.25) is 5.82 Å². The van der Waals surface area contributed by atoms with Crippen molar-refractivity contribution in [1.29, 1.82) is 0 Å². The summed E-state index contributed by atoms with van der Waals surface area (Å²) in [6.07, 6.45) is 7.65. The molecule has 0 fully saturated rings. The summed E-state index contributed by atoms with van der Waals surface area (Å²) in [5.41, 5.74) is 0. The maximum Gasteiger partial charge on any atom is 0.373 e. The van der Waals surface area contributed by atoms with Gasteiger partial charge in [-0.25, -0.2) is 24.7 Å². The van der Waals surface area contributed by atoms with Crippen molar-refractivity contribution in [2.45, 2.75) is 0 Å². The highest BCUT2D eigenvalue weighted by Crippen LogP contribution is 1.84. The van der Waals surface area contributed by atoms with Crippen molar-refractivity contribution in [3.63, 3.8) is 0 Å². The van der Waals surface area contributed by atoms with Crippen LogP contribution in [0.5, 0.6) is 0 Å². The molecule has 0 aliphatic heterocycles. The Kier molecular flexibility index (Phi) is 4.38. The van der Waals surface area contributed by atoms with E-state index in [1.54, 1.807) is 24.5 Å². The fraction of sp³-hybridized carbons (Fsp3) is 0. The van der Waals surface area contributed by atoms with Crippen LogP contribution in [0.25, 0.3) is 0 Å². The molecule has 0 radical (unpaired) electrons. The summed E-state index contributed by atoms with van der Waals surface area (Å²) in [5.74, 6) is -1.27. The third-order valence-electron chi connectivity index (χ3n) is 1.23. The third kappa shape index (κ3) is 4.41. The number of aromatic carboxylic acids is 1. The standard InChI is InChI=1S/C5H4N2O2.C4H4N2/c8-5(9)4-6-2-1-3-7-4;1-2-5-4-6-3-1/h1-3H,(H,8,9);1-4H. The van der Waals surface area contributed by atoms with E-state index in [2.05, 4.69) is 19.9 Å². The molecule has 6 nitrogen and oxygen atoms in total. The number of rotatable bonds is 1. The summed E-state index contributed by atoms with van der Waals surface area (Å²) in [5, 5.41) is 8.26. The van der Waals surface area contributed by atoms with Crippen molar-refractivity contribution >= 4 is 5.97 Å². The SMILES string of the molecule is O=C(O)c1ncccn1.c1cncnc1. The Labute approximate surface area is 85.7 Å². The average Bonchev–Trinajstić information content (AvgIpc) is 2.33. The molecule has 0 aromatic carbocycles. The second-order valence-corrected chi connectivity index (χ2v) is 2.28. The molecule has 2 aromatic rings. The monoisotopic (exact) mass is 204 g/mol. The summed E-state index contributed by atoms with van der Waals surface area (Å²) in [6.45, 7) is 0. The van der Waals surface area contributed by atoms with Gasteiger partial charge in [0, 0.05) is 24.8 Å². The van der Waals surface area contributed by atoms with Crippen molar-refractivity contribution in [3.05, 3.63) is 49.1 Å². The Morgan fingerprint density at radius 3 is 1.80 bits per heavy atom. The molecule has 15 heavy (non-hydrogen) atoms. The Hall–Kier alpha value is -2.37. The van der Waals surface area contributed by atoms with Gasteiger partial charge in [-0.3, -0.25) is 0 Å². The molecule has 0 unspecified atom stereocenters. The van der Waals surface area contributed by atoms with Gasteiger partial charge >= 0.3 is 5.97 Å². The van der Waals surface area contributed by atoms with Crippen molar-refractivity contribution < 1.29 is 9.90 Å². The fourth-order valence-corrected chi connectivity index (χ4v) is 0.663. The number of carboxylic acid groups (broad SMARTS) is 1. The van der Waals surface area contributed by atoms with Crippen LogP contribution < -0.4 is 0 Å². The second-order valence-electron chi connectivity index (χ2n) is 2.28. The Morgan fingerprint density at radius 2 is 1.53 bits per heavy atom. The molecule has 2 rings (SSSR count). The lowest BCUT2D eigenvalue weighted by atomic mass is 10.6. The molecule has 0 saturated heterocycles. The fourth-order valence-electron chi connectivity index (χ4n) is 0.663. The molecule has 0 saturated carbocycles. The van der Waals surface area contributed by atoms with Crippen LogP contribution in [0, 0.1) is 0 Å². The lowest BCUT2D eigenvalue weighted by Gasteiger charge is -1.86. The molecule has 0 bridgehead atoms. The Morgan fingerprint density at radius 1 is 1.00 bits per heavy atom. The summed E-state index contributed by atoms with van der Waals surface area (Å²) >= 11 is 0. The molecule has 6 heteroatoms. The Balaban J connectivity index is 0.000000162. The molecule has 76 valence electrons. The number of carbonyl (C=O) groups is 1. The summed E-state index contributed by atoms with van der Waals surface area (Å²) in [6, 6.07) is 3.34. The van der Waals surface area contributed by atoms with E-state index >= 15 is 0 Å². The normalized spacial score (nSPS) is 8.53. The van der Waals surface area contributed by atoms with Gasteiger partial charge in [-0.1, -0.05) is 0 Å². The molecule has 0 aliphatic carbocycles. The predicted molar refractivity (Wildman–Crippen MR) is 51.0 cm³/mol. The number of hydrogen-bond acceptors (Lipinski definition) is 5. The minimum absolute atomic E-state index is 0.169. The van der Waals surface area contributed by atoms with Crippen LogP contribution in [0.15, 0.2) is 43.2 Å². The first-order valence-electron chi connectivity index (χ1n) is 4.01. The predicted octanol–water partition coefficient (Wildman–Crippen LogP) is 0.651. The molecular formula is C9H8N4O2. The topological polar surface area (TPSA) is 88.9 Å². The van der Waals surface area contributed by atoms with E-state index in [1.807, 2.05) is 0 Å². The van der Waals surface area contributed by atoms with Crippen LogP contribution in [0.3, 0.4) is 0 Å². The van der Waals surface area contributed by atoms with E-state index < -0.39 is 5.97 Å². The first kappa shape index (κ1) is 10.7. The smallest absolute Gasteiger partial charge is 0.373 e. The second kappa shape index (κ2) is 6.14.